The number of nitrogens with zero attached hydrogens (tertiary/aromatic N) is 1. The van der Waals surface area contributed by atoms with Gasteiger partial charge < -0.3 is 19.3 Å². The fourth-order valence-corrected chi connectivity index (χ4v) is 4.32. The highest BCUT2D eigenvalue weighted by Crippen LogP contribution is 2.21. The summed E-state index contributed by atoms with van der Waals surface area (Å²) in [6.45, 7) is 1.65. The summed E-state index contributed by atoms with van der Waals surface area (Å²) in [4.78, 5) is 36.3. The number of pyridine rings is 1. The highest BCUT2D eigenvalue weighted by Gasteiger charge is 2.17. The van der Waals surface area contributed by atoms with Crippen LogP contribution in [-0.2, 0) is 28.8 Å². The second kappa shape index (κ2) is 8.35. The summed E-state index contributed by atoms with van der Waals surface area (Å²) < 4.78 is 12.9. The van der Waals surface area contributed by atoms with Crippen LogP contribution in [0, 0.1) is 6.92 Å². The van der Waals surface area contributed by atoms with Gasteiger partial charge in [-0.3, -0.25) is 9.59 Å². The lowest BCUT2D eigenvalue weighted by Gasteiger charge is -2.07. The second-order valence-corrected chi connectivity index (χ2v) is 8.19. The third kappa shape index (κ3) is 4.84. The SMILES string of the molecule is Cc1cc(O)c(C(=O)/C=C/c2ccc(C[S+]([O-])CC(=O)O)s2)c(=O)n1C. The zero-order valence-electron chi connectivity index (χ0n) is 14.1. The Balaban J connectivity index is 2.14. The molecule has 0 amide bonds. The molecule has 1 unspecified atom stereocenters. The van der Waals surface area contributed by atoms with E-state index in [0.29, 0.717) is 10.6 Å². The van der Waals surface area contributed by atoms with Crippen molar-refractivity contribution in [2.45, 2.75) is 12.7 Å². The predicted octanol–water partition coefficient (Wildman–Crippen LogP) is 1.69. The van der Waals surface area contributed by atoms with Crippen molar-refractivity contribution in [1.82, 2.24) is 4.57 Å². The number of aliphatic carboxylic acids is 1. The minimum absolute atomic E-state index is 0.123. The number of carboxylic acid groups (broad SMARTS) is 1. The summed E-state index contributed by atoms with van der Waals surface area (Å²) >= 11 is -0.230. The maximum atomic E-state index is 12.3. The molecule has 138 valence electrons. The quantitative estimate of drug-likeness (QED) is 0.418. The molecule has 0 aliphatic rings. The van der Waals surface area contributed by atoms with Crippen molar-refractivity contribution in [3.05, 3.63) is 55.6 Å². The van der Waals surface area contributed by atoms with Crippen LogP contribution < -0.4 is 5.56 Å². The number of thiophene rings is 1. The third-order valence-corrected chi connectivity index (χ3v) is 6.00. The highest BCUT2D eigenvalue weighted by molar-refractivity contribution is 7.91. The zero-order valence-corrected chi connectivity index (χ0v) is 15.7. The van der Waals surface area contributed by atoms with Crippen LogP contribution >= 0.6 is 11.3 Å². The number of carbonyl (C=O) groups excluding carboxylic acids is 1. The summed E-state index contributed by atoms with van der Waals surface area (Å²) in [6.07, 6.45) is 2.69. The first-order chi connectivity index (χ1) is 12.2. The Hall–Kier alpha value is -2.36. The average Bonchev–Trinajstić information content (AvgIpc) is 2.97. The first kappa shape index (κ1) is 20.0. The van der Waals surface area contributed by atoms with E-state index in [1.807, 2.05) is 0 Å². The molecular weight excluding hydrogens is 378 g/mol. The van der Waals surface area contributed by atoms with Crippen LogP contribution in [-0.4, -0.2) is 36.8 Å². The second-order valence-electron chi connectivity index (χ2n) is 5.53. The molecule has 2 rings (SSSR count). The molecule has 2 N–H and O–H groups in total. The smallest absolute Gasteiger partial charge is 0.353 e. The average molecular weight is 395 g/mol. The van der Waals surface area contributed by atoms with E-state index in [1.54, 1.807) is 19.1 Å². The van der Waals surface area contributed by atoms with Crippen molar-refractivity contribution < 1.29 is 24.4 Å². The number of hydrogen-bond donors (Lipinski definition) is 2. The van der Waals surface area contributed by atoms with Crippen molar-refractivity contribution in [2.24, 2.45) is 7.05 Å². The molecule has 0 saturated heterocycles. The minimum atomic E-state index is -1.50. The number of allylic oxidation sites excluding steroid dienone is 1. The topological polar surface area (TPSA) is 120 Å². The van der Waals surface area contributed by atoms with Gasteiger partial charge in [0.15, 0.2) is 5.78 Å². The molecule has 2 aromatic rings. The van der Waals surface area contributed by atoms with E-state index in [-0.39, 0.29) is 17.1 Å². The normalized spacial score (nSPS) is 12.4. The van der Waals surface area contributed by atoms with E-state index >= 15 is 0 Å². The molecule has 0 radical (unpaired) electrons. The number of carboxylic acids is 1. The molecule has 1 atom stereocenters. The molecule has 0 aliphatic heterocycles. The molecule has 0 aromatic carbocycles. The number of aromatic hydroxyl groups is 1. The maximum absolute atomic E-state index is 12.3. The predicted molar refractivity (Wildman–Crippen MR) is 100 cm³/mol. The van der Waals surface area contributed by atoms with Gasteiger partial charge in [-0.2, -0.15) is 0 Å². The number of rotatable bonds is 7. The maximum Gasteiger partial charge on any atom is 0.353 e. The molecule has 26 heavy (non-hydrogen) atoms. The van der Waals surface area contributed by atoms with E-state index < -0.39 is 34.2 Å². The van der Waals surface area contributed by atoms with Crippen molar-refractivity contribution in [3.63, 3.8) is 0 Å². The van der Waals surface area contributed by atoms with Gasteiger partial charge in [-0.05, 0) is 42.4 Å². The van der Waals surface area contributed by atoms with Gasteiger partial charge in [0.05, 0.1) is 4.88 Å². The number of carbonyl (C=O) groups is 2. The number of aromatic nitrogens is 1. The Labute approximate surface area is 156 Å². The number of hydrogen-bond acceptors (Lipinski definition) is 6. The lowest BCUT2D eigenvalue weighted by molar-refractivity contribution is -0.134. The van der Waals surface area contributed by atoms with E-state index in [4.69, 9.17) is 5.11 Å². The monoisotopic (exact) mass is 395 g/mol. The largest absolute Gasteiger partial charge is 0.616 e. The molecule has 7 nitrogen and oxygen atoms in total. The van der Waals surface area contributed by atoms with Gasteiger partial charge in [-0.15, -0.1) is 11.3 Å². The highest BCUT2D eigenvalue weighted by atomic mass is 32.2. The van der Waals surface area contributed by atoms with Gasteiger partial charge in [0.25, 0.3) is 5.56 Å². The summed E-state index contributed by atoms with van der Waals surface area (Å²) in [6, 6.07) is 4.76. The molecule has 2 heterocycles. The van der Waals surface area contributed by atoms with E-state index in [1.165, 1.54) is 41.2 Å². The Morgan fingerprint density at radius 2 is 2.08 bits per heavy atom. The van der Waals surface area contributed by atoms with Crippen molar-refractivity contribution in [2.75, 3.05) is 5.75 Å². The Kier molecular flexibility index (Phi) is 6.41. The molecule has 0 spiro atoms. The van der Waals surface area contributed by atoms with Crippen LogP contribution in [0.3, 0.4) is 0 Å². The van der Waals surface area contributed by atoms with Crippen molar-refractivity contribution in [3.8, 4) is 5.75 Å². The van der Waals surface area contributed by atoms with E-state index in [9.17, 15) is 24.0 Å². The summed E-state index contributed by atoms with van der Waals surface area (Å²) in [5.41, 5.74) is -0.341. The van der Waals surface area contributed by atoms with Gasteiger partial charge in [-0.1, -0.05) is 0 Å². The molecular formula is C17H17NO6S2. The van der Waals surface area contributed by atoms with Crippen LogP contribution in [0.1, 0.15) is 25.8 Å². The van der Waals surface area contributed by atoms with Crippen molar-refractivity contribution in [1.29, 1.82) is 0 Å². The third-order valence-electron chi connectivity index (χ3n) is 3.56. The molecule has 0 saturated carbocycles. The molecule has 0 bridgehead atoms. The van der Waals surface area contributed by atoms with Crippen LogP contribution in [0.4, 0.5) is 0 Å². The van der Waals surface area contributed by atoms with Crippen LogP contribution in [0.5, 0.6) is 5.75 Å². The van der Waals surface area contributed by atoms with Gasteiger partial charge in [-0.25, -0.2) is 4.79 Å². The van der Waals surface area contributed by atoms with Crippen LogP contribution in [0.2, 0.25) is 0 Å². The fourth-order valence-electron chi connectivity index (χ4n) is 2.19. The minimum Gasteiger partial charge on any atom is -0.616 e. The number of ketones is 1. The first-order valence-corrected chi connectivity index (χ1v) is 9.77. The van der Waals surface area contributed by atoms with Gasteiger partial charge in [0.2, 0.25) is 5.75 Å². The van der Waals surface area contributed by atoms with Crippen molar-refractivity contribution >= 4 is 40.3 Å². The Morgan fingerprint density at radius 3 is 2.73 bits per heavy atom. The van der Waals surface area contributed by atoms with Crippen LogP contribution in [0.25, 0.3) is 6.08 Å². The molecule has 0 aliphatic carbocycles. The lowest BCUT2D eigenvalue weighted by Crippen LogP contribution is -2.25. The van der Waals surface area contributed by atoms with Gasteiger partial charge in [0, 0.05) is 23.7 Å². The molecule has 9 heteroatoms. The Bertz CT molecular complexity index is 928. The van der Waals surface area contributed by atoms with Gasteiger partial charge in [0.1, 0.15) is 17.1 Å². The first-order valence-electron chi connectivity index (χ1n) is 7.46. The zero-order chi connectivity index (χ0) is 19.4. The van der Waals surface area contributed by atoms with E-state index in [2.05, 4.69) is 0 Å². The Morgan fingerprint density at radius 1 is 1.38 bits per heavy atom. The summed E-state index contributed by atoms with van der Waals surface area (Å²) in [7, 11) is 1.51. The van der Waals surface area contributed by atoms with Crippen LogP contribution in [0.15, 0.2) is 29.1 Å². The number of aryl methyl sites for hydroxylation is 1. The van der Waals surface area contributed by atoms with Gasteiger partial charge >= 0.3 is 5.97 Å². The standard InChI is InChI=1S/C17H17NO6S2/c1-10-7-14(20)16(17(23)18(10)2)13(19)6-5-11-3-4-12(25-11)8-26(24)9-15(21)22/h3-7,20H,8-9H2,1-2H3,(H,21,22)/b6-5+. The lowest BCUT2D eigenvalue weighted by atomic mass is 10.1. The summed E-state index contributed by atoms with van der Waals surface area (Å²) in [5.74, 6) is -2.40. The summed E-state index contributed by atoms with van der Waals surface area (Å²) in [5, 5.41) is 18.5. The molecule has 0 fully saturated rings. The fraction of sp³-hybridized carbons (Fsp3) is 0.235. The van der Waals surface area contributed by atoms with E-state index in [0.717, 1.165) is 4.88 Å². The molecule has 2 aromatic heterocycles.